The normalized spacial score (nSPS) is 17.3. The van der Waals surface area contributed by atoms with E-state index in [1.807, 2.05) is 36.4 Å². The predicted molar refractivity (Wildman–Crippen MR) is 109 cm³/mol. The second-order valence-electron chi connectivity index (χ2n) is 6.83. The highest BCUT2D eigenvalue weighted by molar-refractivity contribution is 6.35. The van der Waals surface area contributed by atoms with Crippen LogP contribution in [0.1, 0.15) is 24.0 Å². The van der Waals surface area contributed by atoms with Crippen molar-refractivity contribution in [2.45, 2.75) is 25.8 Å². The molecule has 1 aliphatic rings. The van der Waals surface area contributed by atoms with Crippen molar-refractivity contribution in [1.82, 2.24) is 4.90 Å². The number of hydrogen-bond acceptors (Lipinski definition) is 3. The van der Waals surface area contributed by atoms with Gasteiger partial charge in [-0.15, -0.1) is 0 Å². The number of nitrogens with zero attached hydrogens (tertiary/aromatic N) is 2. The topological polar surface area (TPSA) is 56.1 Å². The van der Waals surface area contributed by atoms with Crippen LogP contribution < -0.4 is 5.32 Å². The van der Waals surface area contributed by atoms with E-state index < -0.39 is 0 Å². The van der Waals surface area contributed by atoms with E-state index >= 15 is 0 Å². The van der Waals surface area contributed by atoms with Gasteiger partial charge >= 0.3 is 0 Å². The lowest BCUT2D eigenvalue weighted by molar-refractivity contribution is -0.121. The Balaban J connectivity index is 1.58. The van der Waals surface area contributed by atoms with Gasteiger partial charge in [-0.25, -0.2) is 0 Å². The second-order valence-corrected chi connectivity index (χ2v) is 7.67. The summed E-state index contributed by atoms with van der Waals surface area (Å²) in [7, 11) is 0. The first-order valence-electron chi connectivity index (χ1n) is 8.98. The number of nitrogens with one attached hydrogen (secondary N) is 1. The van der Waals surface area contributed by atoms with Gasteiger partial charge in [0.15, 0.2) is 0 Å². The van der Waals surface area contributed by atoms with Crippen LogP contribution in [0.4, 0.5) is 5.69 Å². The summed E-state index contributed by atoms with van der Waals surface area (Å²) in [5.74, 6) is -0.0152. The molecule has 1 fully saturated rings. The minimum Gasteiger partial charge on any atom is -0.326 e. The molecule has 0 aromatic heterocycles. The lowest BCUT2D eigenvalue weighted by atomic mass is 9.96. The number of halogens is 2. The molecular formula is C21H21Cl2N3O. The summed E-state index contributed by atoms with van der Waals surface area (Å²) in [6.07, 6.45) is 2.23. The van der Waals surface area contributed by atoms with Crippen LogP contribution in [-0.2, 0) is 17.8 Å². The number of benzene rings is 2. The maximum absolute atomic E-state index is 12.7. The zero-order valence-corrected chi connectivity index (χ0v) is 16.4. The van der Waals surface area contributed by atoms with Gasteiger partial charge in [0.2, 0.25) is 5.91 Å². The molecule has 140 valence electrons. The van der Waals surface area contributed by atoms with Gasteiger partial charge in [-0.3, -0.25) is 9.69 Å². The SMILES string of the molecule is N#CCc1ccc(NC(=O)[C@@H]2CCCN(Cc3ccc(Cl)cc3Cl)C2)cc1. The lowest BCUT2D eigenvalue weighted by Crippen LogP contribution is -2.40. The Morgan fingerprint density at radius 1 is 1.22 bits per heavy atom. The Morgan fingerprint density at radius 3 is 2.70 bits per heavy atom. The summed E-state index contributed by atoms with van der Waals surface area (Å²) < 4.78 is 0. The van der Waals surface area contributed by atoms with Crippen molar-refractivity contribution in [1.29, 1.82) is 5.26 Å². The van der Waals surface area contributed by atoms with Crippen LogP contribution >= 0.6 is 23.2 Å². The van der Waals surface area contributed by atoms with Crippen LogP contribution in [0.3, 0.4) is 0 Å². The number of piperidine rings is 1. The van der Waals surface area contributed by atoms with Gasteiger partial charge in [-0.2, -0.15) is 5.26 Å². The van der Waals surface area contributed by atoms with E-state index in [1.54, 1.807) is 6.07 Å². The number of rotatable bonds is 5. The van der Waals surface area contributed by atoms with Gasteiger partial charge in [-0.05, 0) is 54.8 Å². The summed E-state index contributed by atoms with van der Waals surface area (Å²) >= 11 is 12.2. The van der Waals surface area contributed by atoms with E-state index in [0.717, 1.165) is 36.2 Å². The molecule has 1 N–H and O–H groups in total. The molecule has 0 unspecified atom stereocenters. The van der Waals surface area contributed by atoms with Gasteiger partial charge in [0.25, 0.3) is 0 Å². The van der Waals surface area contributed by atoms with Crippen molar-refractivity contribution >= 4 is 34.8 Å². The number of nitriles is 1. The van der Waals surface area contributed by atoms with E-state index in [0.29, 0.717) is 29.6 Å². The molecule has 1 saturated heterocycles. The Morgan fingerprint density at radius 2 is 2.00 bits per heavy atom. The quantitative estimate of drug-likeness (QED) is 0.773. The van der Waals surface area contributed by atoms with Crippen LogP contribution in [0.15, 0.2) is 42.5 Å². The van der Waals surface area contributed by atoms with Crippen molar-refractivity contribution < 1.29 is 4.79 Å². The molecule has 0 spiro atoms. The highest BCUT2D eigenvalue weighted by Gasteiger charge is 2.26. The first-order valence-corrected chi connectivity index (χ1v) is 9.74. The zero-order chi connectivity index (χ0) is 19.2. The van der Waals surface area contributed by atoms with Crippen molar-refractivity contribution in [3.05, 3.63) is 63.6 Å². The average Bonchev–Trinajstić information content (AvgIpc) is 2.66. The monoisotopic (exact) mass is 401 g/mol. The molecule has 0 bridgehead atoms. The number of hydrogen-bond donors (Lipinski definition) is 1. The van der Waals surface area contributed by atoms with Crippen molar-refractivity contribution in [3.8, 4) is 6.07 Å². The smallest absolute Gasteiger partial charge is 0.228 e. The third kappa shape index (κ3) is 5.46. The summed E-state index contributed by atoms with van der Waals surface area (Å²) in [5, 5.41) is 13.0. The molecule has 4 nitrogen and oxygen atoms in total. The van der Waals surface area contributed by atoms with Gasteiger partial charge in [0.05, 0.1) is 18.4 Å². The second kappa shape index (κ2) is 9.23. The van der Waals surface area contributed by atoms with Gasteiger partial charge < -0.3 is 5.32 Å². The predicted octanol–water partition coefficient (Wildman–Crippen LogP) is 4.91. The Labute approximate surface area is 169 Å². The van der Waals surface area contributed by atoms with Gasteiger partial charge in [0.1, 0.15) is 0 Å². The fourth-order valence-electron chi connectivity index (χ4n) is 3.35. The summed E-state index contributed by atoms with van der Waals surface area (Å²) in [6.45, 7) is 2.37. The van der Waals surface area contributed by atoms with Crippen LogP contribution in [0, 0.1) is 17.2 Å². The van der Waals surface area contributed by atoms with Crippen molar-refractivity contribution in [3.63, 3.8) is 0 Å². The molecule has 1 heterocycles. The standard InChI is InChI=1S/C21H21Cl2N3O/c22-18-6-5-16(20(23)12-18)13-26-11-1-2-17(14-26)21(27)25-19-7-3-15(4-8-19)9-10-24/h3-8,12,17H,1-2,9,11,13-14H2,(H,25,27)/t17-/m1/s1. The number of amides is 1. The van der Waals surface area contributed by atoms with Crippen LogP contribution in [-0.4, -0.2) is 23.9 Å². The van der Waals surface area contributed by atoms with Gasteiger partial charge in [0, 0.05) is 28.8 Å². The molecule has 27 heavy (non-hydrogen) atoms. The third-order valence-electron chi connectivity index (χ3n) is 4.79. The van der Waals surface area contributed by atoms with Crippen molar-refractivity contribution in [2.75, 3.05) is 18.4 Å². The van der Waals surface area contributed by atoms with Crippen LogP contribution in [0.5, 0.6) is 0 Å². The Bertz CT molecular complexity index is 845. The molecule has 2 aromatic rings. The highest BCUT2D eigenvalue weighted by Crippen LogP contribution is 2.25. The molecule has 1 amide bonds. The molecule has 3 rings (SSSR count). The fraction of sp³-hybridized carbons (Fsp3) is 0.333. The minimum absolute atomic E-state index is 0.0370. The first kappa shape index (κ1) is 19.7. The Kier molecular flexibility index (Phi) is 6.73. The number of carbonyl (C=O) groups is 1. The number of likely N-dealkylation sites (tertiary alicyclic amines) is 1. The maximum atomic E-state index is 12.7. The third-order valence-corrected chi connectivity index (χ3v) is 5.38. The molecule has 2 aromatic carbocycles. The van der Waals surface area contributed by atoms with E-state index in [2.05, 4.69) is 16.3 Å². The van der Waals surface area contributed by atoms with Crippen molar-refractivity contribution in [2.24, 2.45) is 5.92 Å². The van der Waals surface area contributed by atoms with E-state index in [9.17, 15) is 4.79 Å². The zero-order valence-electron chi connectivity index (χ0n) is 14.9. The van der Waals surface area contributed by atoms with E-state index in [4.69, 9.17) is 28.5 Å². The largest absolute Gasteiger partial charge is 0.326 e. The fourth-order valence-corrected chi connectivity index (χ4v) is 3.81. The summed E-state index contributed by atoms with van der Waals surface area (Å²) in [5.41, 5.74) is 2.73. The molecule has 0 aliphatic carbocycles. The summed E-state index contributed by atoms with van der Waals surface area (Å²) in [4.78, 5) is 14.9. The Hall–Kier alpha value is -2.06. The first-order chi connectivity index (χ1) is 13.0. The average molecular weight is 402 g/mol. The lowest BCUT2D eigenvalue weighted by Gasteiger charge is -2.32. The molecule has 1 aliphatic heterocycles. The summed E-state index contributed by atoms with van der Waals surface area (Å²) in [6, 6.07) is 15.1. The molecule has 1 atom stereocenters. The highest BCUT2D eigenvalue weighted by atomic mass is 35.5. The molecule has 0 radical (unpaired) electrons. The van der Waals surface area contributed by atoms with E-state index in [-0.39, 0.29) is 11.8 Å². The minimum atomic E-state index is -0.0522. The number of carbonyl (C=O) groups excluding carboxylic acids is 1. The maximum Gasteiger partial charge on any atom is 0.228 e. The molecule has 6 heteroatoms. The number of anilines is 1. The molecule has 0 saturated carbocycles. The van der Waals surface area contributed by atoms with Crippen LogP contribution in [0.2, 0.25) is 10.0 Å². The van der Waals surface area contributed by atoms with E-state index in [1.165, 1.54) is 0 Å². The van der Waals surface area contributed by atoms with Crippen LogP contribution in [0.25, 0.3) is 0 Å². The van der Waals surface area contributed by atoms with Gasteiger partial charge in [-0.1, -0.05) is 41.4 Å². The molecular weight excluding hydrogens is 381 g/mol.